The molecule has 192 valence electrons. The molecule has 0 radical (unpaired) electrons. The van der Waals surface area contributed by atoms with Gasteiger partial charge in [0.25, 0.3) is 0 Å². The minimum Gasteiger partial charge on any atom is -0.432 e. The summed E-state index contributed by atoms with van der Waals surface area (Å²) in [5, 5.41) is 2.41. The van der Waals surface area contributed by atoms with Crippen LogP contribution >= 0.6 is 30.5 Å². The number of carbonyl (C=O) groups excluding carboxylic acids is 2. The van der Waals surface area contributed by atoms with Crippen molar-refractivity contribution in [2.45, 2.75) is 32.0 Å². The van der Waals surface area contributed by atoms with Crippen LogP contribution in [0.25, 0.3) is 16.2 Å². The summed E-state index contributed by atoms with van der Waals surface area (Å²) in [5.74, 6) is -2.75. The van der Waals surface area contributed by atoms with Gasteiger partial charge in [-0.25, -0.2) is 13.6 Å². The number of halogens is 3. The lowest BCUT2D eigenvalue weighted by molar-refractivity contribution is -0.118. The van der Waals surface area contributed by atoms with Gasteiger partial charge in [0.05, 0.1) is 6.10 Å². The number of Topliss-reactive ketones (excluding diaryl/α,β-unsaturated/α-hetero) is 1. The summed E-state index contributed by atoms with van der Waals surface area (Å²) in [6.45, 7) is 2.26. The van der Waals surface area contributed by atoms with Gasteiger partial charge in [0.2, 0.25) is 6.79 Å². The summed E-state index contributed by atoms with van der Waals surface area (Å²) in [6, 6.07) is 8.14. The first-order valence-corrected chi connectivity index (χ1v) is 13.5. The minimum atomic E-state index is -4.75. The van der Waals surface area contributed by atoms with Crippen LogP contribution in [-0.4, -0.2) is 29.7 Å². The molecule has 0 spiro atoms. The molecule has 0 aliphatic rings. The number of ketones is 1. The Balaban J connectivity index is 1.86. The highest BCUT2D eigenvalue weighted by Crippen LogP contribution is 2.59. The molecule has 3 rings (SSSR count). The molecule has 3 aromatic rings. The molecule has 7 nitrogen and oxygen atoms in total. The molecule has 2 atom stereocenters. The molecule has 2 unspecified atom stereocenters. The van der Waals surface area contributed by atoms with E-state index < -0.39 is 49.7 Å². The quantitative estimate of drug-likeness (QED) is 0.159. The van der Waals surface area contributed by atoms with Crippen molar-refractivity contribution in [1.29, 1.82) is 0 Å². The van der Waals surface area contributed by atoms with Crippen molar-refractivity contribution < 1.29 is 41.8 Å². The number of hydrogen-bond acceptors (Lipinski definition) is 7. The van der Waals surface area contributed by atoms with Gasteiger partial charge in [0, 0.05) is 16.1 Å². The van der Waals surface area contributed by atoms with Crippen molar-refractivity contribution in [2.75, 3.05) is 6.79 Å². The molecular weight excluding hydrogens is 537 g/mol. The van der Waals surface area contributed by atoms with Crippen molar-refractivity contribution in [2.24, 2.45) is 0 Å². The summed E-state index contributed by atoms with van der Waals surface area (Å²) >= 11 is 7.34. The Bertz CT molecular complexity index is 1340. The summed E-state index contributed by atoms with van der Waals surface area (Å²) in [7, 11) is -4.75. The normalized spacial score (nSPS) is 14.2. The zero-order chi connectivity index (χ0) is 26.5. The fourth-order valence-electron chi connectivity index (χ4n) is 3.25. The number of benzene rings is 2. The molecule has 0 saturated heterocycles. The predicted octanol–water partition coefficient (Wildman–Crippen LogP) is 7.27. The maximum absolute atomic E-state index is 13.4. The van der Waals surface area contributed by atoms with Gasteiger partial charge in [0.15, 0.2) is 17.4 Å². The molecule has 1 heterocycles. The number of rotatable bonds is 10. The predicted molar refractivity (Wildman–Crippen MR) is 133 cm³/mol. The van der Waals surface area contributed by atoms with E-state index >= 15 is 0 Å². The Morgan fingerprint density at radius 2 is 1.92 bits per heavy atom. The van der Waals surface area contributed by atoms with Gasteiger partial charge in [-0.1, -0.05) is 29.8 Å². The second-order valence-electron chi connectivity index (χ2n) is 7.85. The van der Waals surface area contributed by atoms with E-state index in [1.165, 1.54) is 29.6 Å². The Morgan fingerprint density at radius 1 is 1.17 bits per heavy atom. The molecule has 0 bridgehead atoms. The first-order valence-electron chi connectivity index (χ1n) is 10.6. The number of carbonyl (C=O) groups is 2. The number of hydrogen-bond donors (Lipinski definition) is 1. The van der Waals surface area contributed by atoms with Crippen LogP contribution in [0.2, 0.25) is 5.02 Å². The average Bonchev–Trinajstić information content (AvgIpc) is 3.18. The standard InChI is InChI=1S/C24H22ClF2O7PS/c1-14(2)34-24(29)32-13-33-35(30,31)23(18-12-36-22-9-7-16(25)11-17(18)22)21(28)5-3-4-15-6-8-19(26)20(27)10-15/h3-4,6-12,14,23H,5,13H2,1-2H3,(H,30,31)/b4-3+. The van der Waals surface area contributed by atoms with E-state index in [0.29, 0.717) is 16.0 Å². The van der Waals surface area contributed by atoms with Crippen LogP contribution in [0.4, 0.5) is 13.6 Å². The summed E-state index contributed by atoms with van der Waals surface area (Å²) in [5.41, 5.74) is -1.12. The van der Waals surface area contributed by atoms with Gasteiger partial charge in [-0.2, -0.15) is 0 Å². The maximum atomic E-state index is 13.4. The van der Waals surface area contributed by atoms with E-state index in [1.54, 1.807) is 37.4 Å². The fraction of sp³-hybridized carbons (Fsp3) is 0.250. The summed E-state index contributed by atoms with van der Waals surface area (Å²) in [6.07, 6.45) is 0.839. The van der Waals surface area contributed by atoms with E-state index in [0.717, 1.165) is 16.8 Å². The van der Waals surface area contributed by atoms with E-state index in [1.807, 2.05) is 0 Å². The maximum Gasteiger partial charge on any atom is 0.510 e. The van der Waals surface area contributed by atoms with Crippen LogP contribution in [0.1, 0.15) is 37.1 Å². The van der Waals surface area contributed by atoms with Crippen molar-refractivity contribution >= 4 is 58.6 Å². The third-order valence-electron chi connectivity index (χ3n) is 4.81. The van der Waals surface area contributed by atoms with Crippen LogP contribution < -0.4 is 0 Å². The second kappa shape index (κ2) is 12.1. The van der Waals surface area contributed by atoms with Gasteiger partial charge < -0.3 is 14.4 Å². The first-order chi connectivity index (χ1) is 17.0. The molecule has 1 aromatic heterocycles. The second-order valence-corrected chi connectivity index (χ2v) is 11.1. The third kappa shape index (κ3) is 7.21. The minimum absolute atomic E-state index is 0.222. The molecule has 0 aliphatic carbocycles. The fourth-order valence-corrected chi connectivity index (χ4v) is 5.88. The largest absolute Gasteiger partial charge is 0.510 e. The Kier molecular flexibility index (Phi) is 9.38. The third-order valence-corrected chi connectivity index (χ3v) is 7.72. The molecule has 36 heavy (non-hydrogen) atoms. The lowest BCUT2D eigenvalue weighted by atomic mass is 10.0. The lowest BCUT2D eigenvalue weighted by Crippen LogP contribution is -2.17. The van der Waals surface area contributed by atoms with Crippen LogP contribution in [0.5, 0.6) is 0 Å². The highest BCUT2D eigenvalue weighted by atomic mass is 35.5. The van der Waals surface area contributed by atoms with Crippen LogP contribution in [0, 0.1) is 11.6 Å². The van der Waals surface area contributed by atoms with E-state index in [4.69, 9.17) is 20.9 Å². The van der Waals surface area contributed by atoms with Crippen molar-refractivity contribution in [3.8, 4) is 0 Å². The number of thiophene rings is 1. The van der Waals surface area contributed by atoms with Crippen molar-refractivity contribution in [3.63, 3.8) is 0 Å². The molecule has 2 aromatic carbocycles. The van der Waals surface area contributed by atoms with Crippen molar-refractivity contribution in [3.05, 3.63) is 75.6 Å². The summed E-state index contributed by atoms with van der Waals surface area (Å²) < 4.78 is 55.0. The van der Waals surface area contributed by atoms with Crippen LogP contribution in [-0.2, 0) is 23.4 Å². The molecule has 12 heteroatoms. The van der Waals surface area contributed by atoms with E-state index in [2.05, 4.69) is 4.74 Å². The molecule has 0 amide bonds. The Labute approximate surface area is 214 Å². The zero-order valence-corrected chi connectivity index (χ0v) is 21.6. The van der Waals surface area contributed by atoms with E-state index in [-0.39, 0.29) is 12.0 Å². The molecule has 0 fully saturated rings. The molecular formula is C24H22ClF2O7PS. The first kappa shape index (κ1) is 28.0. The van der Waals surface area contributed by atoms with E-state index in [9.17, 15) is 27.8 Å². The van der Waals surface area contributed by atoms with Crippen LogP contribution in [0.3, 0.4) is 0 Å². The summed E-state index contributed by atoms with van der Waals surface area (Å²) in [4.78, 5) is 35.5. The molecule has 0 saturated carbocycles. The van der Waals surface area contributed by atoms with Gasteiger partial charge in [-0.05, 0) is 66.1 Å². The van der Waals surface area contributed by atoms with Crippen molar-refractivity contribution in [1.82, 2.24) is 0 Å². The average molecular weight is 559 g/mol. The van der Waals surface area contributed by atoms with Gasteiger partial charge in [-0.3, -0.25) is 13.9 Å². The number of allylic oxidation sites excluding steroid dienone is 1. The molecule has 1 N–H and O–H groups in total. The Hall–Kier alpha value is -2.62. The molecule has 0 aliphatic heterocycles. The van der Waals surface area contributed by atoms with Gasteiger partial charge >= 0.3 is 13.8 Å². The number of fused-ring (bicyclic) bond motifs is 1. The topological polar surface area (TPSA) is 99.1 Å². The smallest absolute Gasteiger partial charge is 0.432 e. The highest BCUT2D eigenvalue weighted by molar-refractivity contribution is 7.54. The van der Waals surface area contributed by atoms with Gasteiger partial charge in [-0.15, -0.1) is 11.3 Å². The number of ether oxygens (including phenoxy) is 2. The Morgan fingerprint density at radius 3 is 2.61 bits per heavy atom. The highest BCUT2D eigenvalue weighted by Gasteiger charge is 2.41. The zero-order valence-electron chi connectivity index (χ0n) is 19.2. The van der Waals surface area contributed by atoms with Gasteiger partial charge in [0.1, 0.15) is 5.66 Å². The lowest BCUT2D eigenvalue weighted by Gasteiger charge is -2.21. The SMILES string of the molecule is CC(C)OC(=O)OCOP(=O)(O)C(C(=O)C/C=C/c1ccc(F)c(F)c1)c1csc2ccc(Cl)cc12. The van der Waals surface area contributed by atoms with Crippen LogP contribution in [0.15, 0.2) is 47.9 Å². The monoisotopic (exact) mass is 558 g/mol.